The van der Waals surface area contributed by atoms with Crippen LogP contribution in [-0.2, 0) is 9.59 Å². The molecule has 6 rings (SSSR count). The number of hydrazine groups is 1. The van der Waals surface area contributed by atoms with Gasteiger partial charge in [-0.25, -0.2) is 0 Å². The van der Waals surface area contributed by atoms with Crippen molar-refractivity contribution in [2.24, 2.45) is 23.2 Å². The predicted octanol–water partition coefficient (Wildman–Crippen LogP) is 4.79. The number of hydrogen-bond donors (Lipinski definition) is 1. The van der Waals surface area contributed by atoms with Gasteiger partial charge in [0.2, 0.25) is 5.91 Å². The Balaban J connectivity index is 1.35. The summed E-state index contributed by atoms with van der Waals surface area (Å²) in [7, 11) is 0. The summed E-state index contributed by atoms with van der Waals surface area (Å²) in [4.78, 5) is 26.6. The van der Waals surface area contributed by atoms with Crippen LogP contribution in [0.3, 0.4) is 0 Å². The zero-order valence-electron chi connectivity index (χ0n) is 15.3. The Morgan fingerprint density at radius 2 is 1.79 bits per heavy atom. The first-order valence-electron chi connectivity index (χ1n) is 9.77. The standard InChI is InChI=1S/C21H21ClN2O2S2/c22-16-4-2-1-3-15(16)8-17-18(25)24(20(27)28-17)23-19(26)21-9-12-5-13(10-21)7-14(6-12)11-21/h1-4,8,12-14H,5-7,9-11H2,(H,23,26)/b17-8+. The highest BCUT2D eigenvalue weighted by Gasteiger charge is 2.55. The molecule has 0 aromatic heterocycles. The third-order valence-corrected chi connectivity index (χ3v) is 8.37. The molecule has 4 bridgehead atoms. The highest BCUT2D eigenvalue weighted by molar-refractivity contribution is 8.26. The molecule has 146 valence electrons. The molecule has 1 aromatic rings. The molecule has 0 atom stereocenters. The van der Waals surface area contributed by atoms with Gasteiger partial charge in [-0.3, -0.25) is 15.0 Å². The van der Waals surface area contributed by atoms with Gasteiger partial charge in [0.05, 0.1) is 10.3 Å². The molecule has 0 unspecified atom stereocenters. The number of nitrogens with zero attached hydrogens (tertiary/aromatic N) is 1. The quantitative estimate of drug-likeness (QED) is 0.551. The molecule has 4 aliphatic carbocycles. The Morgan fingerprint density at radius 3 is 2.39 bits per heavy atom. The number of benzene rings is 1. The molecule has 4 saturated carbocycles. The fourth-order valence-corrected chi connectivity index (χ4v) is 7.27. The molecule has 5 aliphatic rings. The number of hydrogen-bond acceptors (Lipinski definition) is 4. The molecule has 28 heavy (non-hydrogen) atoms. The lowest BCUT2D eigenvalue weighted by molar-refractivity contribution is -0.152. The van der Waals surface area contributed by atoms with Crippen LogP contribution in [0.5, 0.6) is 0 Å². The predicted molar refractivity (Wildman–Crippen MR) is 115 cm³/mol. The van der Waals surface area contributed by atoms with Gasteiger partial charge in [0.1, 0.15) is 0 Å². The first-order chi connectivity index (χ1) is 13.4. The van der Waals surface area contributed by atoms with E-state index in [1.54, 1.807) is 12.1 Å². The van der Waals surface area contributed by atoms with Crippen molar-refractivity contribution in [3.63, 3.8) is 0 Å². The van der Waals surface area contributed by atoms with Crippen LogP contribution in [0.4, 0.5) is 0 Å². The second-order valence-electron chi connectivity index (χ2n) is 8.68. The molecule has 1 N–H and O–H groups in total. The number of amides is 2. The minimum atomic E-state index is -0.315. The molecule has 2 amide bonds. The van der Waals surface area contributed by atoms with Crippen LogP contribution in [0.25, 0.3) is 6.08 Å². The number of halogens is 1. The lowest BCUT2D eigenvalue weighted by atomic mass is 9.49. The van der Waals surface area contributed by atoms with Gasteiger partial charge in [-0.05, 0) is 86.2 Å². The molecule has 0 radical (unpaired) electrons. The van der Waals surface area contributed by atoms with E-state index >= 15 is 0 Å². The summed E-state index contributed by atoms with van der Waals surface area (Å²) in [5.74, 6) is 1.70. The largest absolute Gasteiger partial charge is 0.285 e. The summed E-state index contributed by atoms with van der Waals surface area (Å²) in [6.45, 7) is 0. The van der Waals surface area contributed by atoms with E-state index in [1.807, 2.05) is 18.2 Å². The van der Waals surface area contributed by atoms with Gasteiger partial charge in [-0.2, -0.15) is 5.01 Å². The monoisotopic (exact) mass is 432 g/mol. The minimum Gasteiger partial charge on any atom is -0.273 e. The van der Waals surface area contributed by atoms with E-state index in [4.69, 9.17) is 23.8 Å². The smallest absolute Gasteiger partial charge is 0.273 e. The van der Waals surface area contributed by atoms with Gasteiger partial charge in [-0.15, -0.1) is 0 Å². The SMILES string of the molecule is O=C1/C(=C\c2ccccc2Cl)SC(=S)N1NC(=O)C12CC3CC(CC(C3)C1)C2. The van der Waals surface area contributed by atoms with E-state index in [1.165, 1.54) is 36.0 Å². The molecule has 1 saturated heterocycles. The molecule has 7 heteroatoms. The van der Waals surface area contributed by atoms with Crippen molar-refractivity contribution < 1.29 is 9.59 Å². The van der Waals surface area contributed by atoms with Crippen molar-refractivity contribution in [3.8, 4) is 0 Å². The Hall–Kier alpha value is -1.37. The van der Waals surface area contributed by atoms with Gasteiger partial charge in [0, 0.05) is 5.02 Å². The molecule has 1 aromatic carbocycles. The maximum absolute atomic E-state index is 13.2. The van der Waals surface area contributed by atoms with Crippen molar-refractivity contribution in [3.05, 3.63) is 39.8 Å². The van der Waals surface area contributed by atoms with Crippen LogP contribution in [0.15, 0.2) is 29.2 Å². The zero-order valence-corrected chi connectivity index (χ0v) is 17.7. The number of carbonyl (C=O) groups is 2. The molecular weight excluding hydrogens is 412 g/mol. The van der Waals surface area contributed by atoms with Gasteiger partial charge in [0.15, 0.2) is 4.32 Å². The third-order valence-electron chi connectivity index (χ3n) is 6.72. The summed E-state index contributed by atoms with van der Waals surface area (Å²) < 4.78 is 0.362. The van der Waals surface area contributed by atoms with E-state index in [-0.39, 0.29) is 17.2 Å². The summed E-state index contributed by atoms with van der Waals surface area (Å²) in [5, 5.41) is 1.83. The number of thioether (sulfide) groups is 1. The van der Waals surface area contributed by atoms with E-state index in [0.717, 1.165) is 24.8 Å². The molecule has 4 nitrogen and oxygen atoms in total. The highest BCUT2D eigenvalue weighted by atomic mass is 35.5. The minimum absolute atomic E-state index is 0.0260. The van der Waals surface area contributed by atoms with Gasteiger partial charge < -0.3 is 0 Å². The highest BCUT2D eigenvalue weighted by Crippen LogP contribution is 2.60. The van der Waals surface area contributed by atoms with Crippen LogP contribution in [0.1, 0.15) is 44.1 Å². The second-order valence-corrected chi connectivity index (χ2v) is 10.8. The first-order valence-corrected chi connectivity index (χ1v) is 11.4. The molecule has 1 aliphatic heterocycles. The van der Waals surface area contributed by atoms with Crippen molar-refractivity contribution in [2.75, 3.05) is 0 Å². The molecule has 1 heterocycles. The van der Waals surface area contributed by atoms with Gasteiger partial charge >= 0.3 is 0 Å². The maximum atomic E-state index is 13.2. The zero-order chi connectivity index (χ0) is 19.5. The lowest BCUT2D eigenvalue weighted by Gasteiger charge is -2.55. The van der Waals surface area contributed by atoms with Crippen LogP contribution in [-0.4, -0.2) is 21.1 Å². The Labute approximate surface area is 179 Å². The lowest BCUT2D eigenvalue weighted by Crippen LogP contribution is -2.57. The Kier molecular flexibility index (Phi) is 4.56. The van der Waals surface area contributed by atoms with Crippen molar-refractivity contribution in [1.82, 2.24) is 10.4 Å². The fraction of sp³-hybridized carbons (Fsp3) is 0.476. The topological polar surface area (TPSA) is 49.4 Å². The van der Waals surface area contributed by atoms with Crippen LogP contribution in [0.2, 0.25) is 5.02 Å². The van der Waals surface area contributed by atoms with Crippen LogP contribution >= 0.6 is 35.6 Å². The summed E-state index contributed by atoms with van der Waals surface area (Å²) >= 11 is 12.8. The fourth-order valence-electron chi connectivity index (χ4n) is 5.91. The summed E-state index contributed by atoms with van der Waals surface area (Å²) in [5.41, 5.74) is 3.32. The molecule has 0 spiro atoms. The van der Waals surface area contributed by atoms with Crippen LogP contribution in [0, 0.1) is 23.2 Å². The van der Waals surface area contributed by atoms with E-state index < -0.39 is 0 Å². The van der Waals surface area contributed by atoms with Crippen molar-refractivity contribution in [1.29, 1.82) is 0 Å². The molecule has 5 fully saturated rings. The average molecular weight is 433 g/mol. The van der Waals surface area contributed by atoms with Crippen molar-refractivity contribution in [2.45, 2.75) is 38.5 Å². The number of rotatable bonds is 3. The number of carbonyl (C=O) groups excluding carboxylic acids is 2. The first kappa shape index (κ1) is 18.6. The van der Waals surface area contributed by atoms with Gasteiger partial charge in [0.25, 0.3) is 5.91 Å². The third kappa shape index (κ3) is 3.10. The molecular formula is C21H21ClN2O2S2. The van der Waals surface area contributed by atoms with Gasteiger partial charge in [-0.1, -0.05) is 41.6 Å². The van der Waals surface area contributed by atoms with Crippen LogP contribution < -0.4 is 5.43 Å². The summed E-state index contributed by atoms with van der Waals surface area (Å²) in [6.07, 6.45) is 8.41. The Morgan fingerprint density at radius 1 is 1.18 bits per heavy atom. The van der Waals surface area contributed by atoms with E-state index in [9.17, 15) is 9.59 Å². The summed E-state index contributed by atoms with van der Waals surface area (Å²) in [6, 6.07) is 7.34. The van der Waals surface area contributed by atoms with E-state index in [0.29, 0.717) is 32.0 Å². The second kappa shape index (κ2) is 6.85. The Bertz CT molecular complexity index is 878. The van der Waals surface area contributed by atoms with E-state index in [2.05, 4.69) is 5.43 Å². The maximum Gasteiger partial charge on any atom is 0.285 e. The number of nitrogens with one attached hydrogen (secondary N) is 1. The average Bonchev–Trinajstić information content (AvgIpc) is 2.90. The normalized spacial score (nSPS) is 35.1. The van der Waals surface area contributed by atoms with Crippen molar-refractivity contribution >= 4 is 57.8 Å². The number of thiocarbonyl (C=S) groups is 1.